The van der Waals surface area contributed by atoms with Crippen LogP contribution in [0.1, 0.15) is 0 Å². The second-order valence-corrected chi connectivity index (χ2v) is 3.70. The van der Waals surface area contributed by atoms with Crippen molar-refractivity contribution in [3.8, 4) is 11.6 Å². The van der Waals surface area contributed by atoms with E-state index in [4.69, 9.17) is 16.3 Å². The summed E-state index contributed by atoms with van der Waals surface area (Å²) >= 11 is 5.63. The SMILES string of the molecule is O=c1[nH]cnc(Oc2ccc([N+](=O)[O-])c(F)c2)c1Cl. The zero-order chi connectivity index (χ0) is 14.0. The highest BCUT2D eigenvalue weighted by Crippen LogP contribution is 2.27. The fourth-order valence-corrected chi connectivity index (χ4v) is 1.39. The number of hydrogen-bond acceptors (Lipinski definition) is 5. The Morgan fingerprint density at radius 3 is 2.84 bits per heavy atom. The van der Waals surface area contributed by atoms with Crippen molar-refractivity contribution >= 4 is 17.3 Å². The van der Waals surface area contributed by atoms with Gasteiger partial charge in [-0.15, -0.1) is 0 Å². The van der Waals surface area contributed by atoms with Crippen LogP contribution < -0.4 is 10.3 Å². The summed E-state index contributed by atoms with van der Waals surface area (Å²) in [6.07, 6.45) is 1.06. The minimum absolute atomic E-state index is 0.0666. The largest absolute Gasteiger partial charge is 0.437 e. The van der Waals surface area contributed by atoms with Crippen molar-refractivity contribution in [2.24, 2.45) is 0 Å². The first kappa shape index (κ1) is 13.0. The summed E-state index contributed by atoms with van der Waals surface area (Å²) in [4.78, 5) is 26.6. The number of H-pyrrole nitrogens is 1. The Balaban J connectivity index is 2.34. The Labute approximate surface area is 109 Å². The molecular formula is C10H5ClFN3O4. The van der Waals surface area contributed by atoms with Crippen LogP contribution in [0.15, 0.2) is 29.3 Å². The molecule has 0 unspecified atom stereocenters. The lowest BCUT2D eigenvalue weighted by atomic mass is 10.3. The van der Waals surface area contributed by atoms with Crippen molar-refractivity contribution in [2.75, 3.05) is 0 Å². The molecule has 0 fully saturated rings. The normalized spacial score (nSPS) is 10.2. The van der Waals surface area contributed by atoms with Gasteiger partial charge in [0.2, 0.25) is 11.7 Å². The van der Waals surface area contributed by atoms with Crippen LogP contribution in [-0.2, 0) is 0 Å². The fourth-order valence-electron chi connectivity index (χ4n) is 1.25. The minimum atomic E-state index is -1.07. The molecule has 2 rings (SSSR count). The molecule has 1 aromatic carbocycles. The predicted molar refractivity (Wildman–Crippen MR) is 63.0 cm³/mol. The van der Waals surface area contributed by atoms with Crippen molar-refractivity contribution in [2.45, 2.75) is 0 Å². The number of nitro groups is 1. The van der Waals surface area contributed by atoms with Crippen molar-refractivity contribution in [3.63, 3.8) is 0 Å². The molecule has 0 aliphatic carbocycles. The van der Waals surface area contributed by atoms with Crippen molar-refractivity contribution in [1.29, 1.82) is 0 Å². The molecule has 0 aliphatic rings. The zero-order valence-corrected chi connectivity index (χ0v) is 9.85. The lowest BCUT2D eigenvalue weighted by Gasteiger charge is -2.05. The fraction of sp³-hybridized carbons (Fsp3) is 0. The van der Waals surface area contributed by atoms with Crippen LogP contribution in [0.4, 0.5) is 10.1 Å². The molecule has 0 saturated heterocycles. The Morgan fingerprint density at radius 1 is 1.47 bits per heavy atom. The quantitative estimate of drug-likeness (QED) is 0.689. The van der Waals surface area contributed by atoms with Crippen LogP contribution >= 0.6 is 11.6 Å². The first-order valence-electron chi connectivity index (χ1n) is 4.84. The van der Waals surface area contributed by atoms with Gasteiger partial charge < -0.3 is 9.72 Å². The number of nitrogens with one attached hydrogen (secondary N) is 1. The molecule has 1 N–H and O–H groups in total. The Hall–Kier alpha value is -2.48. The summed E-state index contributed by atoms with van der Waals surface area (Å²) in [5.74, 6) is -1.36. The van der Waals surface area contributed by atoms with Crippen LogP contribution in [0, 0.1) is 15.9 Å². The molecule has 0 bridgehead atoms. The predicted octanol–water partition coefficient (Wildman–Crippen LogP) is 2.26. The molecule has 0 atom stereocenters. The number of hydrogen-bond donors (Lipinski definition) is 1. The van der Waals surface area contributed by atoms with Crippen molar-refractivity contribution in [3.05, 3.63) is 55.8 Å². The third-order valence-corrected chi connectivity index (χ3v) is 2.43. The molecule has 0 amide bonds. The molecule has 98 valence electrons. The smallest absolute Gasteiger partial charge is 0.305 e. The summed E-state index contributed by atoms with van der Waals surface area (Å²) in [6, 6.07) is 2.91. The van der Waals surface area contributed by atoms with Gasteiger partial charge in [-0.2, -0.15) is 4.39 Å². The standard InChI is InChI=1S/C10H5ClFN3O4/c11-8-9(16)13-4-14-10(8)19-5-1-2-7(15(17)18)6(12)3-5/h1-4H,(H,13,14,16). The molecule has 0 spiro atoms. The van der Waals surface area contributed by atoms with Crippen LogP contribution in [0.2, 0.25) is 5.02 Å². The van der Waals surface area contributed by atoms with E-state index in [9.17, 15) is 19.3 Å². The molecule has 1 aromatic heterocycles. The molecule has 7 nitrogen and oxygen atoms in total. The maximum Gasteiger partial charge on any atom is 0.305 e. The number of benzene rings is 1. The summed E-state index contributed by atoms with van der Waals surface area (Å²) in [5, 5.41) is 10.1. The second kappa shape index (κ2) is 5.02. The van der Waals surface area contributed by atoms with Gasteiger partial charge >= 0.3 is 5.69 Å². The van der Waals surface area contributed by atoms with E-state index in [-0.39, 0.29) is 16.7 Å². The molecule has 19 heavy (non-hydrogen) atoms. The van der Waals surface area contributed by atoms with E-state index in [2.05, 4.69) is 9.97 Å². The topological polar surface area (TPSA) is 98.1 Å². The van der Waals surface area contributed by atoms with Crippen LogP contribution in [-0.4, -0.2) is 14.9 Å². The monoisotopic (exact) mass is 285 g/mol. The summed E-state index contributed by atoms with van der Waals surface area (Å²) in [6.45, 7) is 0. The second-order valence-electron chi connectivity index (χ2n) is 3.32. The van der Waals surface area contributed by atoms with Gasteiger partial charge in [-0.1, -0.05) is 11.6 Å². The number of halogens is 2. The molecule has 0 radical (unpaired) electrons. The number of aromatic amines is 1. The number of rotatable bonds is 3. The maximum absolute atomic E-state index is 13.3. The summed E-state index contributed by atoms with van der Waals surface area (Å²) < 4.78 is 18.4. The van der Waals surface area contributed by atoms with Gasteiger partial charge in [0.25, 0.3) is 5.56 Å². The molecule has 1 heterocycles. The van der Waals surface area contributed by atoms with Gasteiger partial charge in [0.05, 0.1) is 11.3 Å². The highest BCUT2D eigenvalue weighted by Gasteiger charge is 2.16. The highest BCUT2D eigenvalue weighted by atomic mass is 35.5. The van der Waals surface area contributed by atoms with Gasteiger partial charge in [0, 0.05) is 12.1 Å². The maximum atomic E-state index is 13.3. The van der Waals surface area contributed by atoms with Gasteiger partial charge in [0.1, 0.15) is 5.75 Å². The lowest BCUT2D eigenvalue weighted by molar-refractivity contribution is -0.387. The molecule has 0 aliphatic heterocycles. The van der Waals surface area contributed by atoms with Gasteiger partial charge in [-0.25, -0.2) is 4.98 Å². The van der Waals surface area contributed by atoms with Crippen LogP contribution in [0.3, 0.4) is 0 Å². The van der Waals surface area contributed by atoms with E-state index in [1.165, 1.54) is 6.07 Å². The molecular weight excluding hydrogens is 281 g/mol. The van der Waals surface area contributed by atoms with E-state index in [0.29, 0.717) is 0 Å². The molecule has 2 aromatic rings. The number of aromatic nitrogens is 2. The highest BCUT2D eigenvalue weighted by molar-refractivity contribution is 6.31. The molecule has 9 heteroatoms. The number of nitrogens with zero attached hydrogens (tertiary/aromatic N) is 2. The average Bonchev–Trinajstić information content (AvgIpc) is 2.34. The lowest BCUT2D eigenvalue weighted by Crippen LogP contribution is -2.07. The van der Waals surface area contributed by atoms with E-state index in [1.54, 1.807) is 0 Å². The molecule has 0 saturated carbocycles. The first-order chi connectivity index (χ1) is 8.99. The van der Waals surface area contributed by atoms with E-state index < -0.39 is 22.0 Å². The van der Waals surface area contributed by atoms with Crippen LogP contribution in [0.5, 0.6) is 11.6 Å². The van der Waals surface area contributed by atoms with Crippen molar-refractivity contribution < 1.29 is 14.1 Å². The van der Waals surface area contributed by atoms with E-state index in [1.807, 2.05) is 0 Å². The van der Waals surface area contributed by atoms with Crippen molar-refractivity contribution in [1.82, 2.24) is 9.97 Å². The van der Waals surface area contributed by atoms with Crippen LogP contribution in [0.25, 0.3) is 0 Å². The van der Waals surface area contributed by atoms with Gasteiger partial charge in [-0.3, -0.25) is 14.9 Å². The van der Waals surface area contributed by atoms with Gasteiger partial charge in [-0.05, 0) is 6.07 Å². The van der Waals surface area contributed by atoms with E-state index in [0.717, 1.165) is 18.5 Å². The number of nitro benzene ring substituents is 1. The Morgan fingerprint density at radius 2 is 2.21 bits per heavy atom. The summed E-state index contributed by atoms with van der Waals surface area (Å²) in [7, 11) is 0. The summed E-state index contributed by atoms with van der Waals surface area (Å²) in [5.41, 5.74) is -1.30. The third kappa shape index (κ3) is 2.68. The first-order valence-corrected chi connectivity index (χ1v) is 5.22. The Kier molecular flexibility index (Phi) is 3.43. The number of ether oxygens (including phenoxy) is 1. The average molecular weight is 286 g/mol. The third-order valence-electron chi connectivity index (χ3n) is 2.09. The minimum Gasteiger partial charge on any atom is -0.437 e. The van der Waals surface area contributed by atoms with Gasteiger partial charge in [0.15, 0.2) is 5.02 Å². The Bertz CT molecular complexity index is 703. The zero-order valence-electron chi connectivity index (χ0n) is 9.09. The van der Waals surface area contributed by atoms with E-state index >= 15 is 0 Å².